The minimum Gasteiger partial charge on any atom is -0.382 e. The molecule has 0 bridgehead atoms. The van der Waals surface area contributed by atoms with Gasteiger partial charge in [-0.05, 0) is 24.3 Å². The SMILES string of the molecule is CC(C)C(O)(c1cccs1)C(C)N. The van der Waals surface area contributed by atoms with Gasteiger partial charge in [0.2, 0.25) is 0 Å². The Bertz CT molecular complexity index is 246. The van der Waals surface area contributed by atoms with Gasteiger partial charge >= 0.3 is 0 Å². The Morgan fingerprint density at radius 2 is 2.08 bits per heavy atom. The Morgan fingerprint density at radius 3 is 2.38 bits per heavy atom. The fourth-order valence-corrected chi connectivity index (χ4v) is 2.61. The molecule has 3 heteroatoms. The van der Waals surface area contributed by atoms with Gasteiger partial charge in [-0.25, -0.2) is 0 Å². The van der Waals surface area contributed by atoms with Crippen LogP contribution < -0.4 is 5.73 Å². The van der Waals surface area contributed by atoms with Crippen LogP contribution in [0.15, 0.2) is 17.5 Å². The molecule has 0 radical (unpaired) electrons. The van der Waals surface area contributed by atoms with Gasteiger partial charge in [-0.15, -0.1) is 11.3 Å². The monoisotopic (exact) mass is 199 g/mol. The maximum absolute atomic E-state index is 10.4. The van der Waals surface area contributed by atoms with Crippen LogP contribution in [-0.2, 0) is 5.60 Å². The van der Waals surface area contributed by atoms with Crippen LogP contribution in [0.25, 0.3) is 0 Å². The maximum atomic E-state index is 10.4. The number of thiophene rings is 1. The predicted octanol–water partition coefficient (Wildman–Crippen LogP) is 1.94. The lowest BCUT2D eigenvalue weighted by Gasteiger charge is -2.34. The molecule has 2 unspecified atom stereocenters. The van der Waals surface area contributed by atoms with Crippen LogP contribution in [0.1, 0.15) is 25.6 Å². The summed E-state index contributed by atoms with van der Waals surface area (Å²) < 4.78 is 0. The zero-order valence-electron chi connectivity index (χ0n) is 8.32. The summed E-state index contributed by atoms with van der Waals surface area (Å²) in [5.41, 5.74) is 4.94. The molecule has 2 nitrogen and oxygen atoms in total. The Labute approximate surface area is 83.4 Å². The summed E-state index contributed by atoms with van der Waals surface area (Å²) in [4.78, 5) is 0.956. The molecule has 0 saturated heterocycles. The third-order valence-electron chi connectivity index (χ3n) is 2.49. The van der Waals surface area contributed by atoms with Crippen LogP contribution in [0.3, 0.4) is 0 Å². The van der Waals surface area contributed by atoms with E-state index in [2.05, 4.69) is 0 Å². The smallest absolute Gasteiger partial charge is 0.116 e. The lowest BCUT2D eigenvalue weighted by atomic mass is 9.83. The van der Waals surface area contributed by atoms with E-state index in [9.17, 15) is 5.11 Å². The van der Waals surface area contributed by atoms with E-state index < -0.39 is 5.60 Å². The highest BCUT2D eigenvalue weighted by Crippen LogP contribution is 2.34. The average Bonchev–Trinajstić information content (AvgIpc) is 2.54. The molecule has 1 aromatic rings. The third kappa shape index (κ3) is 1.77. The molecule has 2 atom stereocenters. The van der Waals surface area contributed by atoms with Crippen molar-refractivity contribution in [3.05, 3.63) is 22.4 Å². The van der Waals surface area contributed by atoms with Gasteiger partial charge in [-0.3, -0.25) is 0 Å². The first-order valence-corrected chi connectivity index (χ1v) is 5.39. The van der Waals surface area contributed by atoms with E-state index in [-0.39, 0.29) is 12.0 Å². The van der Waals surface area contributed by atoms with Gasteiger partial charge in [-0.1, -0.05) is 19.9 Å². The van der Waals surface area contributed by atoms with E-state index in [1.54, 1.807) is 11.3 Å². The fourth-order valence-electron chi connectivity index (χ4n) is 1.54. The number of nitrogens with two attached hydrogens (primary N) is 1. The van der Waals surface area contributed by atoms with Crippen molar-refractivity contribution in [1.29, 1.82) is 0 Å². The van der Waals surface area contributed by atoms with E-state index in [0.717, 1.165) is 4.88 Å². The molecule has 0 amide bonds. The quantitative estimate of drug-likeness (QED) is 0.781. The van der Waals surface area contributed by atoms with Crippen molar-refractivity contribution in [2.45, 2.75) is 32.4 Å². The van der Waals surface area contributed by atoms with Crippen molar-refractivity contribution in [1.82, 2.24) is 0 Å². The lowest BCUT2D eigenvalue weighted by Crippen LogP contribution is -2.46. The summed E-state index contributed by atoms with van der Waals surface area (Å²) in [6.45, 7) is 5.83. The molecular weight excluding hydrogens is 182 g/mol. The normalized spacial score (nSPS) is 18.6. The second-order valence-corrected chi connectivity index (χ2v) is 4.69. The van der Waals surface area contributed by atoms with Crippen LogP contribution in [0, 0.1) is 5.92 Å². The van der Waals surface area contributed by atoms with E-state index in [0.29, 0.717) is 0 Å². The van der Waals surface area contributed by atoms with Crippen LogP contribution in [0.5, 0.6) is 0 Å². The van der Waals surface area contributed by atoms with Gasteiger partial charge in [-0.2, -0.15) is 0 Å². The Kier molecular flexibility index (Phi) is 3.11. The average molecular weight is 199 g/mol. The predicted molar refractivity (Wildman–Crippen MR) is 56.7 cm³/mol. The molecular formula is C10H17NOS. The molecule has 13 heavy (non-hydrogen) atoms. The highest BCUT2D eigenvalue weighted by Gasteiger charge is 2.37. The van der Waals surface area contributed by atoms with Gasteiger partial charge in [0, 0.05) is 10.9 Å². The van der Waals surface area contributed by atoms with Crippen molar-refractivity contribution in [2.24, 2.45) is 11.7 Å². The number of rotatable bonds is 3. The third-order valence-corrected chi connectivity index (χ3v) is 3.50. The molecule has 1 aromatic heterocycles. The Balaban J connectivity index is 3.06. The largest absolute Gasteiger partial charge is 0.382 e. The molecule has 0 aromatic carbocycles. The van der Waals surface area contributed by atoms with Gasteiger partial charge in [0.1, 0.15) is 5.60 Å². The molecule has 0 saturated carbocycles. The van der Waals surface area contributed by atoms with Gasteiger partial charge in [0.25, 0.3) is 0 Å². The molecule has 3 N–H and O–H groups in total. The van der Waals surface area contributed by atoms with Gasteiger partial charge in [0.05, 0.1) is 0 Å². The van der Waals surface area contributed by atoms with Crippen molar-refractivity contribution in [3.63, 3.8) is 0 Å². The summed E-state index contributed by atoms with van der Waals surface area (Å²) in [6.07, 6.45) is 0. The van der Waals surface area contributed by atoms with Crippen LogP contribution in [0.4, 0.5) is 0 Å². The van der Waals surface area contributed by atoms with E-state index in [1.807, 2.05) is 38.3 Å². The zero-order chi connectivity index (χ0) is 10.1. The van der Waals surface area contributed by atoms with E-state index in [1.165, 1.54) is 0 Å². The molecule has 0 aliphatic carbocycles. The van der Waals surface area contributed by atoms with Crippen molar-refractivity contribution in [2.75, 3.05) is 0 Å². The topological polar surface area (TPSA) is 46.2 Å². The fraction of sp³-hybridized carbons (Fsp3) is 0.600. The molecule has 0 fully saturated rings. The number of aliphatic hydroxyl groups is 1. The van der Waals surface area contributed by atoms with Crippen molar-refractivity contribution >= 4 is 11.3 Å². The second kappa shape index (κ2) is 3.78. The van der Waals surface area contributed by atoms with Crippen molar-refractivity contribution < 1.29 is 5.11 Å². The lowest BCUT2D eigenvalue weighted by molar-refractivity contribution is -0.0262. The standard InChI is InChI=1S/C10H17NOS/c1-7(2)10(12,8(3)11)9-5-4-6-13-9/h4-8,12H,11H2,1-3H3. The first kappa shape index (κ1) is 10.7. The van der Waals surface area contributed by atoms with Gasteiger partial charge in [0.15, 0.2) is 0 Å². The molecule has 0 aliphatic rings. The first-order valence-electron chi connectivity index (χ1n) is 4.51. The van der Waals surface area contributed by atoms with Crippen LogP contribution >= 0.6 is 11.3 Å². The first-order chi connectivity index (χ1) is 5.99. The minimum atomic E-state index is -0.881. The second-order valence-electron chi connectivity index (χ2n) is 3.75. The van der Waals surface area contributed by atoms with Crippen LogP contribution in [0.2, 0.25) is 0 Å². The maximum Gasteiger partial charge on any atom is 0.116 e. The van der Waals surface area contributed by atoms with E-state index in [4.69, 9.17) is 5.73 Å². The Morgan fingerprint density at radius 1 is 1.46 bits per heavy atom. The molecule has 1 heterocycles. The Hall–Kier alpha value is -0.380. The van der Waals surface area contributed by atoms with Gasteiger partial charge < -0.3 is 10.8 Å². The summed E-state index contributed by atoms with van der Waals surface area (Å²) in [5, 5.41) is 12.4. The minimum absolute atomic E-state index is 0.131. The molecule has 0 aliphatic heterocycles. The van der Waals surface area contributed by atoms with Crippen LogP contribution in [-0.4, -0.2) is 11.1 Å². The summed E-state index contributed by atoms with van der Waals surface area (Å²) in [7, 11) is 0. The highest BCUT2D eigenvalue weighted by molar-refractivity contribution is 7.10. The highest BCUT2D eigenvalue weighted by atomic mass is 32.1. The zero-order valence-corrected chi connectivity index (χ0v) is 9.14. The molecule has 74 valence electrons. The molecule has 0 spiro atoms. The summed E-state index contributed by atoms with van der Waals surface area (Å²) >= 11 is 1.56. The van der Waals surface area contributed by atoms with Crippen molar-refractivity contribution in [3.8, 4) is 0 Å². The molecule has 1 rings (SSSR count). The number of hydrogen-bond acceptors (Lipinski definition) is 3. The summed E-state index contributed by atoms with van der Waals surface area (Å²) in [6, 6.07) is 3.63. The number of hydrogen-bond donors (Lipinski definition) is 2. The van der Waals surface area contributed by atoms with E-state index >= 15 is 0 Å². The summed E-state index contributed by atoms with van der Waals surface area (Å²) in [5.74, 6) is 0.131.